The van der Waals surface area contributed by atoms with E-state index in [0.717, 1.165) is 44.0 Å². The van der Waals surface area contributed by atoms with E-state index in [-0.39, 0.29) is 17.5 Å². The Balaban J connectivity index is 0.000000269. The first kappa shape index (κ1) is 24.1. The van der Waals surface area contributed by atoms with E-state index in [4.69, 9.17) is 26.1 Å². The van der Waals surface area contributed by atoms with Crippen molar-refractivity contribution >= 4 is 5.84 Å². The van der Waals surface area contributed by atoms with Gasteiger partial charge in [0.1, 0.15) is 5.69 Å². The molecule has 0 aliphatic carbocycles. The molecule has 0 unspecified atom stereocenters. The Bertz CT molecular complexity index is 807. The molecule has 1 aromatic heterocycles. The smallest absolute Gasteiger partial charge is 0.192 e. The second kappa shape index (κ2) is 10.2. The summed E-state index contributed by atoms with van der Waals surface area (Å²) >= 11 is 0. The van der Waals surface area contributed by atoms with Gasteiger partial charge in [0.05, 0.1) is 19.8 Å². The molecule has 0 amide bonds. The van der Waals surface area contributed by atoms with Crippen molar-refractivity contribution in [3.63, 3.8) is 0 Å². The number of ether oxygens (including phenoxy) is 2. The van der Waals surface area contributed by atoms with Gasteiger partial charge in [0.25, 0.3) is 0 Å². The Morgan fingerprint density at radius 1 is 1.27 bits per heavy atom. The number of hydrogen-bond donors (Lipinski definition) is 3. The molecule has 3 heterocycles. The molecule has 3 rings (SSSR count). The quantitative estimate of drug-likeness (QED) is 0.304. The van der Waals surface area contributed by atoms with Crippen molar-refractivity contribution in [2.75, 3.05) is 39.4 Å². The predicted octanol–water partition coefficient (Wildman–Crippen LogP) is 2.78. The zero-order chi connectivity index (χ0) is 22.4. The fraction of sp³-hybridized carbons (Fsp3) is 0.636. The summed E-state index contributed by atoms with van der Waals surface area (Å²) in [6.45, 7) is 15.5. The highest BCUT2D eigenvalue weighted by molar-refractivity contribution is 5.95. The monoisotopic (exact) mass is 414 g/mol. The second-order valence-corrected chi connectivity index (χ2v) is 9.41. The average Bonchev–Trinajstić information content (AvgIpc) is 2.66. The van der Waals surface area contributed by atoms with Gasteiger partial charge in [-0.25, -0.2) is 5.53 Å². The standard InChI is InChI=1S/C15H19N5.C7H15NO2/c1-11-7-12(8-18-13(11)14(16)19-17)5-4-6-20-9-15(2,3)10-20;1-7(2)4-9-6(3-8)10-5-7/h7-8,16-17H,6,9-10H2,1-3H3;6H,3-5,8H2,1-2H3. The Hall–Kier alpha value is -2.18. The van der Waals surface area contributed by atoms with Crippen LogP contribution in [0.1, 0.15) is 44.5 Å². The summed E-state index contributed by atoms with van der Waals surface area (Å²) in [5.41, 5.74) is 14.9. The summed E-state index contributed by atoms with van der Waals surface area (Å²) in [6.07, 6.45) is 1.46. The predicted molar refractivity (Wildman–Crippen MR) is 117 cm³/mol. The van der Waals surface area contributed by atoms with Crippen molar-refractivity contribution in [3.8, 4) is 11.8 Å². The van der Waals surface area contributed by atoms with Crippen molar-refractivity contribution in [2.24, 2.45) is 21.7 Å². The lowest BCUT2D eigenvalue weighted by molar-refractivity contribution is -0.215. The highest BCUT2D eigenvalue weighted by Crippen LogP contribution is 2.27. The van der Waals surface area contributed by atoms with Gasteiger partial charge in [0, 0.05) is 36.8 Å². The molecule has 30 heavy (non-hydrogen) atoms. The first-order valence-corrected chi connectivity index (χ1v) is 10.1. The first-order chi connectivity index (χ1) is 14.0. The van der Waals surface area contributed by atoms with Crippen LogP contribution in [-0.2, 0) is 9.47 Å². The third-order valence-corrected chi connectivity index (χ3v) is 4.77. The molecule has 164 valence electrons. The zero-order valence-electron chi connectivity index (χ0n) is 18.7. The third-order valence-electron chi connectivity index (χ3n) is 4.77. The van der Waals surface area contributed by atoms with Gasteiger partial charge in [-0.1, -0.05) is 39.5 Å². The summed E-state index contributed by atoms with van der Waals surface area (Å²) in [4.78, 5) is 6.47. The normalized spacial score (nSPS) is 20.1. The zero-order valence-corrected chi connectivity index (χ0v) is 18.7. The lowest BCUT2D eigenvalue weighted by Crippen LogP contribution is -2.52. The van der Waals surface area contributed by atoms with E-state index in [2.05, 4.69) is 54.5 Å². The van der Waals surface area contributed by atoms with Gasteiger partial charge in [-0.15, -0.1) is 5.11 Å². The van der Waals surface area contributed by atoms with Crippen LogP contribution in [0.15, 0.2) is 17.4 Å². The highest BCUT2D eigenvalue weighted by Gasteiger charge is 2.33. The average molecular weight is 415 g/mol. The SMILES string of the molecule is CC1(C)COC(CN)OC1.Cc1cc(C#CCN2CC(C)(C)C2)cnc1C(=N)N=N. The Labute approximate surface area is 179 Å². The molecule has 0 atom stereocenters. The molecule has 2 fully saturated rings. The van der Waals surface area contributed by atoms with E-state index in [1.165, 1.54) is 0 Å². The van der Waals surface area contributed by atoms with Crippen LogP contribution in [0.4, 0.5) is 0 Å². The van der Waals surface area contributed by atoms with Crippen LogP contribution in [-0.4, -0.2) is 61.4 Å². The first-order valence-electron chi connectivity index (χ1n) is 10.1. The molecule has 2 aliphatic rings. The maximum absolute atomic E-state index is 7.49. The largest absolute Gasteiger partial charge is 0.351 e. The van der Waals surface area contributed by atoms with Crippen LogP contribution in [0.25, 0.3) is 0 Å². The number of hydrogen-bond acceptors (Lipinski definition) is 7. The number of nitrogens with one attached hydrogen (secondary N) is 2. The van der Waals surface area contributed by atoms with Gasteiger partial charge >= 0.3 is 0 Å². The molecule has 1 aromatic rings. The fourth-order valence-electron chi connectivity index (χ4n) is 3.34. The fourth-order valence-corrected chi connectivity index (χ4v) is 3.34. The Morgan fingerprint density at radius 3 is 2.40 bits per heavy atom. The highest BCUT2D eigenvalue weighted by atomic mass is 16.7. The minimum absolute atomic E-state index is 0.121. The molecule has 0 radical (unpaired) electrons. The minimum Gasteiger partial charge on any atom is -0.351 e. The van der Waals surface area contributed by atoms with Crippen LogP contribution < -0.4 is 5.73 Å². The molecule has 8 heteroatoms. The summed E-state index contributed by atoms with van der Waals surface area (Å²) in [5.74, 6) is 6.13. The molecule has 0 bridgehead atoms. The molecular formula is C22H34N6O2. The van der Waals surface area contributed by atoms with Crippen LogP contribution in [0, 0.1) is 40.5 Å². The molecule has 0 spiro atoms. The van der Waals surface area contributed by atoms with E-state index in [1.807, 2.05) is 13.0 Å². The molecule has 4 N–H and O–H groups in total. The van der Waals surface area contributed by atoms with Crippen molar-refractivity contribution < 1.29 is 9.47 Å². The van der Waals surface area contributed by atoms with E-state index >= 15 is 0 Å². The van der Waals surface area contributed by atoms with Gasteiger partial charge in [-0.05, 0) is 24.0 Å². The summed E-state index contributed by atoms with van der Waals surface area (Å²) < 4.78 is 10.6. The molecular weight excluding hydrogens is 380 g/mol. The summed E-state index contributed by atoms with van der Waals surface area (Å²) in [5, 5.41) is 10.6. The number of nitrogens with zero attached hydrogens (tertiary/aromatic N) is 3. The van der Waals surface area contributed by atoms with E-state index < -0.39 is 0 Å². The van der Waals surface area contributed by atoms with Gasteiger partial charge in [0.15, 0.2) is 12.1 Å². The van der Waals surface area contributed by atoms with Crippen LogP contribution in [0.2, 0.25) is 0 Å². The van der Waals surface area contributed by atoms with Gasteiger partial charge in [0.2, 0.25) is 0 Å². The number of rotatable bonds is 3. The summed E-state index contributed by atoms with van der Waals surface area (Å²) in [7, 11) is 0. The number of nitrogens with two attached hydrogens (primary N) is 1. The van der Waals surface area contributed by atoms with E-state index in [0.29, 0.717) is 17.7 Å². The third kappa shape index (κ3) is 7.26. The Kier molecular flexibility index (Phi) is 8.21. The summed E-state index contributed by atoms with van der Waals surface area (Å²) in [6, 6.07) is 1.88. The van der Waals surface area contributed by atoms with E-state index in [1.54, 1.807) is 6.20 Å². The van der Waals surface area contributed by atoms with Gasteiger partial charge in [-0.2, -0.15) is 0 Å². The minimum atomic E-state index is -0.173. The molecule has 0 saturated carbocycles. The molecule has 8 nitrogen and oxygen atoms in total. The number of pyridine rings is 1. The maximum atomic E-state index is 7.49. The lowest BCUT2D eigenvalue weighted by Gasteiger charge is -2.44. The van der Waals surface area contributed by atoms with Gasteiger partial charge < -0.3 is 15.2 Å². The van der Waals surface area contributed by atoms with Crippen molar-refractivity contribution in [3.05, 3.63) is 29.1 Å². The second-order valence-electron chi connectivity index (χ2n) is 9.41. The van der Waals surface area contributed by atoms with Crippen LogP contribution >= 0.6 is 0 Å². The maximum Gasteiger partial charge on any atom is 0.192 e. The Morgan fingerprint density at radius 2 is 1.90 bits per heavy atom. The molecule has 2 aliphatic heterocycles. The number of likely N-dealkylation sites (tertiary alicyclic amines) is 1. The van der Waals surface area contributed by atoms with Gasteiger partial charge in [-0.3, -0.25) is 15.3 Å². The number of aromatic nitrogens is 1. The lowest BCUT2D eigenvalue weighted by atomic mass is 9.84. The van der Waals surface area contributed by atoms with Crippen molar-refractivity contribution in [1.82, 2.24) is 9.88 Å². The topological polar surface area (TPSA) is 121 Å². The number of amidine groups is 1. The molecule has 0 aromatic carbocycles. The van der Waals surface area contributed by atoms with Crippen LogP contribution in [0.3, 0.4) is 0 Å². The van der Waals surface area contributed by atoms with Crippen LogP contribution in [0.5, 0.6) is 0 Å². The van der Waals surface area contributed by atoms with Crippen molar-refractivity contribution in [1.29, 1.82) is 10.9 Å². The van der Waals surface area contributed by atoms with E-state index in [9.17, 15) is 0 Å². The van der Waals surface area contributed by atoms with Crippen molar-refractivity contribution in [2.45, 2.75) is 40.9 Å². The number of aryl methyl sites for hydroxylation is 1. The molecule has 2 saturated heterocycles.